The zero-order chi connectivity index (χ0) is 18.1. The minimum absolute atomic E-state index is 0.232. The lowest BCUT2D eigenvalue weighted by Crippen LogP contribution is -2.23. The minimum atomic E-state index is -0.232. The fraction of sp³-hybridized carbons (Fsp3) is 0.400. The van der Waals surface area contributed by atoms with E-state index in [0.717, 1.165) is 60.6 Å². The summed E-state index contributed by atoms with van der Waals surface area (Å²) in [5.41, 5.74) is 5.26. The van der Waals surface area contributed by atoms with Gasteiger partial charge >= 0.3 is 0 Å². The van der Waals surface area contributed by atoms with E-state index in [1.807, 2.05) is 13.1 Å². The predicted octanol–water partition coefficient (Wildman–Crippen LogP) is 4.41. The van der Waals surface area contributed by atoms with Crippen molar-refractivity contribution in [2.45, 2.75) is 45.7 Å². The van der Waals surface area contributed by atoms with Gasteiger partial charge < -0.3 is 4.52 Å². The van der Waals surface area contributed by atoms with Gasteiger partial charge in [0.15, 0.2) is 0 Å². The van der Waals surface area contributed by atoms with Crippen molar-refractivity contribution in [1.29, 1.82) is 0 Å². The molecule has 4 rings (SSSR count). The molecule has 1 N–H and O–H groups in total. The van der Waals surface area contributed by atoms with Crippen LogP contribution >= 0.6 is 0 Å². The Labute approximate surface area is 152 Å². The van der Waals surface area contributed by atoms with Crippen LogP contribution in [0.4, 0.5) is 4.39 Å². The maximum absolute atomic E-state index is 13.2. The molecule has 26 heavy (non-hydrogen) atoms. The number of aromatic nitrogens is 3. The largest absolute Gasteiger partial charge is 0.361 e. The average Bonchev–Trinajstić information content (AvgIpc) is 3.36. The molecule has 5 nitrogen and oxygen atoms in total. The molecule has 1 atom stereocenters. The monoisotopic (exact) mass is 354 g/mol. The van der Waals surface area contributed by atoms with Crippen molar-refractivity contribution in [3.63, 3.8) is 0 Å². The number of H-pyrrole nitrogens is 1. The van der Waals surface area contributed by atoms with Crippen molar-refractivity contribution < 1.29 is 8.91 Å². The number of aryl methyl sites for hydroxylation is 2. The summed E-state index contributed by atoms with van der Waals surface area (Å²) in [5.74, 6) is 0.759. The zero-order valence-corrected chi connectivity index (χ0v) is 15.1. The number of nitrogens with one attached hydrogen (secondary N) is 1. The number of rotatable bonds is 5. The lowest BCUT2D eigenvalue weighted by atomic mass is 10.0. The van der Waals surface area contributed by atoms with Gasteiger partial charge in [-0.2, -0.15) is 5.10 Å². The molecular formula is C20H23FN4O. The number of benzene rings is 1. The third-order valence-electron chi connectivity index (χ3n) is 5.23. The summed E-state index contributed by atoms with van der Waals surface area (Å²) < 4.78 is 18.7. The van der Waals surface area contributed by atoms with Gasteiger partial charge in [-0.05, 0) is 50.6 Å². The lowest BCUT2D eigenvalue weighted by molar-refractivity contribution is 0.245. The Morgan fingerprint density at radius 1 is 1.31 bits per heavy atom. The van der Waals surface area contributed by atoms with Gasteiger partial charge in [0.1, 0.15) is 11.6 Å². The highest BCUT2D eigenvalue weighted by Gasteiger charge is 2.31. The van der Waals surface area contributed by atoms with Gasteiger partial charge in [0.2, 0.25) is 0 Å². The van der Waals surface area contributed by atoms with Crippen LogP contribution in [-0.2, 0) is 13.0 Å². The summed E-state index contributed by atoms with van der Waals surface area (Å²) in [6, 6.07) is 6.85. The van der Waals surface area contributed by atoms with Crippen LogP contribution in [0.25, 0.3) is 11.3 Å². The van der Waals surface area contributed by atoms with Crippen LogP contribution in [0.1, 0.15) is 48.4 Å². The summed E-state index contributed by atoms with van der Waals surface area (Å²) in [4.78, 5) is 2.47. The highest BCUT2D eigenvalue weighted by Crippen LogP contribution is 2.37. The van der Waals surface area contributed by atoms with E-state index >= 15 is 0 Å². The van der Waals surface area contributed by atoms with E-state index in [4.69, 9.17) is 4.52 Å². The molecule has 1 aromatic carbocycles. The van der Waals surface area contributed by atoms with Gasteiger partial charge in [-0.15, -0.1) is 0 Å². The Morgan fingerprint density at radius 2 is 2.12 bits per heavy atom. The first kappa shape index (κ1) is 17.0. The van der Waals surface area contributed by atoms with Gasteiger partial charge in [0, 0.05) is 35.7 Å². The van der Waals surface area contributed by atoms with Crippen molar-refractivity contribution in [1.82, 2.24) is 20.3 Å². The molecule has 3 heterocycles. The van der Waals surface area contributed by atoms with Crippen LogP contribution in [0.15, 0.2) is 35.0 Å². The third-order valence-corrected chi connectivity index (χ3v) is 5.23. The molecule has 2 aromatic heterocycles. The molecule has 1 fully saturated rings. The second kappa shape index (κ2) is 7.03. The van der Waals surface area contributed by atoms with Crippen molar-refractivity contribution in [3.05, 3.63) is 58.9 Å². The van der Waals surface area contributed by atoms with Crippen LogP contribution in [0.2, 0.25) is 0 Å². The number of hydrogen-bond acceptors (Lipinski definition) is 4. The molecule has 1 aliphatic rings. The molecule has 0 bridgehead atoms. The topological polar surface area (TPSA) is 58.0 Å². The summed E-state index contributed by atoms with van der Waals surface area (Å²) in [6.07, 6.45) is 4.99. The Kier molecular flexibility index (Phi) is 4.59. The fourth-order valence-electron chi connectivity index (χ4n) is 3.96. The fourth-order valence-corrected chi connectivity index (χ4v) is 3.96. The highest BCUT2D eigenvalue weighted by molar-refractivity contribution is 5.62. The predicted molar refractivity (Wildman–Crippen MR) is 97.0 cm³/mol. The lowest BCUT2D eigenvalue weighted by Gasteiger charge is -2.24. The number of halogens is 1. The maximum Gasteiger partial charge on any atom is 0.141 e. The molecule has 0 radical (unpaired) electrons. The van der Waals surface area contributed by atoms with Crippen molar-refractivity contribution in [3.8, 4) is 11.3 Å². The second-order valence-electron chi connectivity index (χ2n) is 6.86. The second-order valence-corrected chi connectivity index (χ2v) is 6.86. The van der Waals surface area contributed by atoms with E-state index < -0.39 is 0 Å². The van der Waals surface area contributed by atoms with E-state index in [2.05, 4.69) is 27.2 Å². The smallest absolute Gasteiger partial charge is 0.141 e. The molecule has 136 valence electrons. The Morgan fingerprint density at radius 3 is 2.88 bits per heavy atom. The Hall–Kier alpha value is -2.47. The van der Waals surface area contributed by atoms with Gasteiger partial charge in [0.05, 0.1) is 17.6 Å². The molecule has 6 heteroatoms. The van der Waals surface area contributed by atoms with E-state index in [0.29, 0.717) is 6.04 Å². The standard InChI is InChI=1S/C20H23FN4O/c1-3-18-19(13(2)24-26-18)17-5-4-10-25(17)12-15-11-22-23-20(15)14-6-8-16(21)9-7-14/h6-9,11,17H,3-5,10,12H2,1-2H3,(H,22,23)/t17-/m0/s1. The van der Waals surface area contributed by atoms with Gasteiger partial charge in [-0.1, -0.05) is 12.1 Å². The molecule has 0 unspecified atom stereocenters. The molecule has 0 amide bonds. The van der Waals surface area contributed by atoms with E-state index in [9.17, 15) is 4.39 Å². The zero-order valence-electron chi connectivity index (χ0n) is 15.1. The Balaban J connectivity index is 1.60. The quantitative estimate of drug-likeness (QED) is 0.737. The molecule has 0 saturated carbocycles. The van der Waals surface area contributed by atoms with E-state index in [1.54, 1.807) is 12.1 Å². The molecule has 1 saturated heterocycles. The first-order chi connectivity index (χ1) is 12.7. The van der Waals surface area contributed by atoms with Gasteiger partial charge in [-0.3, -0.25) is 10.00 Å². The third kappa shape index (κ3) is 3.05. The number of hydrogen-bond donors (Lipinski definition) is 1. The Bertz CT molecular complexity index is 884. The SMILES string of the molecule is CCc1onc(C)c1[C@@H]1CCCN1Cc1cn[nH]c1-c1ccc(F)cc1. The average molecular weight is 354 g/mol. The van der Waals surface area contributed by atoms with Gasteiger partial charge in [-0.25, -0.2) is 4.39 Å². The molecule has 0 spiro atoms. The number of aromatic amines is 1. The van der Waals surface area contributed by atoms with Crippen molar-refractivity contribution in [2.75, 3.05) is 6.54 Å². The summed E-state index contributed by atoms with van der Waals surface area (Å²) >= 11 is 0. The first-order valence-corrected chi connectivity index (χ1v) is 9.14. The van der Waals surface area contributed by atoms with Crippen LogP contribution in [0, 0.1) is 12.7 Å². The highest BCUT2D eigenvalue weighted by atomic mass is 19.1. The molecule has 1 aliphatic heterocycles. The van der Waals surface area contributed by atoms with E-state index in [1.165, 1.54) is 17.7 Å². The van der Waals surface area contributed by atoms with Crippen molar-refractivity contribution >= 4 is 0 Å². The number of likely N-dealkylation sites (tertiary alicyclic amines) is 1. The number of nitrogens with zero attached hydrogens (tertiary/aromatic N) is 3. The summed E-state index contributed by atoms with van der Waals surface area (Å²) in [6.45, 7) is 5.95. The van der Waals surface area contributed by atoms with Crippen LogP contribution in [0.5, 0.6) is 0 Å². The molecular weight excluding hydrogens is 331 g/mol. The first-order valence-electron chi connectivity index (χ1n) is 9.14. The van der Waals surface area contributed by atoms with Crippen LogP contribution in [0.3, 0.4) is 0 Å². The normalized spacial score (nSPS) is 17.9. The summed E-state index contributed by atoms with van der Waals surface area (Å²) in [5, 5.41) is 11.5. The molecule has 3 aromatic rings. The van der Waals surface area contributed by atoms with Crippen molar-refractivity contribution in [2.24, 2.45) is 0 Å². The van der Waals surface area contributed by atoms with E-state index in [-0.39, 0.29) is 5.82 Å². The summed E-state index contributed by atoms with van der Waals surface area (Å²) in [7, 11) is 0. The van der Waals surface area contributed by atoms with Gasteiger partial charge in [0.25, 0.3) is 0 Å². The van der Waals surface area contributed by atoms with Crippen LogP contribution in [-0.4, -0.2) is 26.8 Å². The minimum Gasteiger partial charge on any atom is -0.361 e. The maximum atomic E-state index is 13.2. The molecule has 0 aliphatic carbocycles. The van der Waals surface area contributed by atoms with Crippen LogP contribution < -0.4 is 0 Å².